The van der Waals surface area contributed by atoms with Crippen molar-refractivity contribution in [2.24, 2.45) is 0 Å². The molecule has 6 heteroatoms. The Morgan fingerprint density at radius 1 is 1.12 bits per heavy atom. The van der Waals surface area contributed by atoms with E-state index in [1.165, 1.54) is 0 Å². The van der Waals surface area contributed by atoms with Crippen molar-refractivity contribution in [3.63, 3.8) is 0 Å². The maximum absolute atomic E-state index is 12.4. The lowest BCUT2D eigenvalue weighted by Crippen LogP contribution is -2.30. The second-order valence-corrected chi connectivity index (χ2v) is 6.76. The van der Waals surface area contributed by atoms with Gasteiger partial charge in [-0.05, 0) is 55.8 Å². The third kappa shape index (κ3) is 5.13. The van der Waals surface area contributed by atoms with Gasteiger partial charge in [-0.25, -0.2) is 0 Å². The van der Waals surface area contributed by atoms with E-state index in [-0.39, 0.29) is 12.5 Å². The Bertz CT molecular complexity index is 770. The molecule has 26 heavy (non-hydrogen) atoms. The Labute approximate surface area is 159 Å². The van der Waals surface area contributed by atoms with Crippen LogP contribution in [0.25, 0.3) is 0 Å². The summed E-state index contributed by atoms with van der Waals surface area (Å²) in [6.45, 7) is 4.95. The van der Waals surface area contributed by atoms with Crippen LogP contribution in [0.2, 0.25) is 5.02 Å². The molecule has 0 saturated heterocycles. The minimum Gasteiger partial charge on any atom is -0.496 e. The number of rotatable bonds is 7. The van der Waals surface area contributed by atoms with E-state index < -0.39 is 0 Å². The van der Waals surface area contributed by atoms with Crippen LogP contribution < -0.4 is 14.8 Å². The summed E-state index contributed by atoms with van der Waals surface area (Å²) >= 11 is 6.00. The van der Waals surface area contributed by atoms with Crippen LogP contribution in [-0.2, 0) is 11.3 Å². The van der Waals surface area contributed by atoms with Crippen molar-refractivity contribution >= 4 is 23.2 Å². The number of carbonyl (C=O) groups excluding carboxylic acids is 1. The first-order valence-corrected chi connectivity index (χ1v) is 8.68. The Kier molecular flexibility index (Phi) is 6.89. The summed E-state index contributed by atoms with van der Waals surface area (Å²) in [6.07, 6.45) is 0. The molecule has 0 atom stereocenters. The number of nitrogens with zero attached hydrogens (tertiary/aromatic N) is 1. The maximum Gasteiger partial charge on any atom is 0.238 e. The molecule has 0 saturated carbocycles. The highest BCUT2D eigenvalue weighted by Gasteiger charge is 2.12. The standard InChI is InChI=1S/C20H25ClN2O3/c1-13-8-15(9-14(2)20(13)26-5)11-23(3)12-19(24)22-17-10-16(21)6-7-18(17)25-4/h6-10H,11-12H2,1-5H3,(H,22,24). The van der Waals surface area contributed by atoms with E-state index in [0.717, 1.165) is 22.4 Å². The van der Waals surface area contributed by atoms with Gasteiger partial charge in [0.15, 0.2) is 0 Å². The van der Waals surface area contributed by atoms with Gasteiger partial charge in [-0.3, -0.25) is 9.69 Å². The first-order chi connectivity index (χ1) is 12.3. The first-order valence-electron chi connectivity index (χ1n) is 8.30. The average molecular weight is 377 g/mol. The molecule has 0 spiro atoms. The fourth-order valence-electron chi connectivity index (χ4n) is 3.03. The smallest absolute Gasteiger partial charge is 0.238 e. The Balaban J connectivity index is 2.01. The Hall–Kier alpha value is -2.24. The summed E-state index contributed by atoms with van der Waals surface area (Å²) in [5.74, 6) is 1.35. The van der Waals surface area contributed by atoms with Crippen molar-refractivity contribution in [2.75, 3.05) is 33.1 Å². The van der Waals surface area contributed by atoms with Crippen molar-refractivity contribution in [3.8, 4) is 11.5 Å². The van der Waals surface area contributed by atoms with Gasteiger partial charge in [-0.1, -0.05) is 23.7 Å². The highest BCUT2D eigenvalue weighted by molar-refractivity contribution is 6.31. The van der Waals surface area contributed by atoms with Crippen LogP contribution in [0.15, 0.2) is 30.3 Å². The van der Waals surface area contributed by atoms with Gasteiger partial charge in [-0.15, -0.1) is 0 Å². The second-order valence-electron chi connectivity index (χ2n) is 6.33. The molecular formula is C20H25ClN2O3. The molecule has 5 nitrogen and oxygen atoms in total. The van der Waals surface area contributed by atoms with E-state index in [9.17, 15) is 4.79 Å². The fourth-order valence-corrected chi connectivity index (χ4v) is 3.21. The summed E-state index contributed by atoms with van der Waals surface area (Å²) < 4.78 is 10.6. The zero-order chi connectivity index (χ0) is 19.3. The van der Waals surface area contributed by atoms with Crippen molar-refractivity contribution in [2.45, 2.75) is 20.4 Å². The number of nitrogens with one attached hydrogen (secondary N) is 1. The highest BCUT2D eigenvalue weighted by atomic mass is 35.5. The number of hydrogen-bond acceptors (Lipinski definition) is 4. The molecular weight excluding hydrogens is 352 g/mol. The summed E-state index contributed by atoms with van der Waals surface area (Å²) in [5.41, 5.74) is 3.87. The van der Waals surface area contributed by atoms with Crippen LogP contribution in [-0.4, -0.2) is 38.6 Å². The Morgan fingerprint density at radius 3 is 2.35 bits per heavy atom. The van der Waals surface area contributed by atoms with E-state index in [0.29, 0.717) is 23.0 Å². The van der Waals surface area contributed by atoms with Crippen LogP contribution in [0.3, 0.4) is 0 Å². The van der Waals surface area contributed by atoms with E-state index >= 15 is 0 Å². The van der Waals surface area contributed by atoms with E-state index in [4.69, 9.17) is 21.1 Å². The van der Waals surface area contributed by atoms with Crippen LogP contribution in [0.1, 0.15) is 16.7 Å². The first kappa shape index (κ1) is 20.1. The zero-order valence-electron chi connectivity index (χ0n) is 15.9. The van der Waals surface area contributed by atoms with Crippen LogP contribution >= 0.6 is 11.6 Å². The van der Waals surface area contributed by atoms with Crippen LogP contribution in [0.4, 0.5) is 5.69 Å². The lowest BCUT2D eigenvalue weighted by molar-refractivity contribution is -0.117. The quantitative estimate of drug-likeness (QED) is 0.792. The summed E-state index contributed by atoms with van der Waals surface area (Å²) in [4.78, 5) is 14.3. The SMILES string of the molecule is COc1ccc(Cl)cc1NC(=O)CN(C)Cc1cc(C)c(OC)c(C)c1. The number of ether oxygens (including phenoxy) is 2. The largest absolute Gasteiger partial charge is 0.496 e. The molecule has 1 amide bonds. The van der Waals surface area contributed by atoms with Gasteiger partial charge in [0.05, 0.1) is 26.5 Å². The molecule has 0 fully saturated rings. The number of benzene rings is 2. The van der Waals surface area contributed by atoms with Crippen molar-refractivity contribution in [1.82, 2.24) is 4.90 Å². The predicted molar refractivity (Wildman–Crippen MR) is 105 cm³/mol. The fraction of sp³-hybridized carbons (Fsp3) is 0.350. The van der Waals surface area contributed by atoms with Crippen molar-refractivity contribution < 1.29 is 14.3 Å². The molecule has 0 aliphatic carbocycles. The number of aryl methyl sites for hydroxylation is 2. The summed E-state index contributed by atoms with van der Waals surface area (Å²) in [7, 11) is 5.14. The van der Waals surface area contributed by atoms with E-state index in [2.05, 4.69) is 17.4 Å². The molecule has 2 aromatic rings. The zero-order valence-corrected chi connectivity index (χ0v) is 16.6. The van der Waals surface area contributed by atoms with Gasteiger partial charge in [0.25, 0.3) is 0 Å². The minimum absolute atomic E-state index is 0.130. The Morgan fingerprint density at radius 2 is 1.77 bits per heavy atom. The molecule has 2 rings (SSSR count). The molecule has 0 unspecified atom stereocenters. The predicted octanol–water partition coefficient (Wildman–Crippen LogP) is 4.04. The summed E-state index contributed by atoms with van der Waals surface area (Å²) in [6, 6.07) is 9.29. The number of hydrogen-bond donors (Lipinski definition) is 1. The number of anilines is 1. The molecule has 0 radical (unpaired) electrons. The third-order valence-corrected chi connectivity index (χ3v) is 4.26. The minimum atomic E-state index is -0.130. The molecule has 2 aromatic carbocycles. The molecule has 0 aliphatic heterocycles. The topological polar surface area (TPSA) is 50.8 Å². The van der Waals surface area contributed by atoms with Gasteiger partial charge >= 0.3 is 0 Å². The normalized spacial score (nSPS) is 10.7. The highest BCUT2D eigenvalue weighted by Crippen LogP contribution is 2.28. The van der Waals surface area contributed by atoms with Gasteiger partial charge in [-0.2, -0.15) is 0 Å². The average Bonchev–Trinajstić information content (AvgIpc) is 2.54. The number of methoxy groups -OCH3 is 2. The van der Waals surface area contributed by atoms with E-state index in [1.54, 1.807) is 32.4 Å². The van der Waals surface area contributed by atoms with Crippen molar-refractivity contribution in [1.29, 1.82) is 0 Å². The van der Waals surface area contributed by atoms with Crippen LogP contribution in [0, 0.1) is 13.8 Å². The number of amides is 1. The van der Waals surface area contributed by atoms with E-state index in [1.807, 2.05) is 25.8 Å². The molecule has 0 aliphatic rings. The van der Waals surface area contributed by atoms with Gasteiger partial charge in [0.1, 0.15) is 11.5 Å². The number of halogens is 1. The maximum atomic E-state index is 12.4. The molecule has 0 bridgehead atoms. The monoisotopic (exact) mass is 376 g/mol. The second kappa shape index (κ2) is 8.92. The third-order valence-electron chi connectivity index (χ3n) is 4.03. The lowest BCUT2D eigenvalue weighted by Gasteiger charge is -2.19. The number of likely N-dealkylation sites (N-methyl/N-ethyl adjacent to an activating group) is 1. The van der Waals surface area contributed by atoms with Gasteiger partial charge in [0.2, 0.25) is 5.91 Å². The van der Waals surface area contributed by atoms with Gasteiger partial charge in [0, 0.05) is 11.6 Å². The molecule has 0 aromatic heterocycles. The van der Waals surface area contributed by atoms with Crippen molar-refractivity contribution in [3.05, 3.63) is 52.0 Å². The molecule has 0 heterocycles. The van der Waals surface area contributed by atoms with Crippen LogP contribution in [0.5, 0.6) is 11.5 Å². The number of carbonyl (C=O) groups is 1. The molecule has 140 valence electrons. The summed E-state index contributed by atoms with van der Waals surface area (Å²) in [5, 5.41) is 3.39. The van der Waals surface area contributed by atoms with Gasteiger partial charge < -0.3 is 14.8 Å². The lowest BCUT2D eigenvalue weighted by atomic mass is 10.1. The molecule has 1 N–H and O–H groups in total.